The number of aliphatic carboxylic acids is 1. The normalized spacial score (nSPS) is 12.8. The number of esters is 1. The number of carbonyl (C=O) groups is 4. The fourth-order valence-electron chi connectivity index (χ4n) is 1.61. The maximum Gasteiger partial charge on any atom is 0.315 e. The lowest BCUT2D eigenvalue weighted by molar-refractivity contribution is -0.149. The summed E-state index contributed by atoms with van der Waals surface area (Å²) in [5, 5.41) is 22.3. The van der Waals surface area contributed by atoms with Gasteiger partial charge < -0.3 is 25.6 Å². The summed E-state index contributed by atoms with van der Waals surface area (Å²) in [6.45, 7) is 3.15. The van der Waals surface area contributed by atoms with Crippen LogP contribution in [0.25, 0.3) is 0 Å². The first-order valence-electron chi connectivity index (χ1n) is 7.39. The van der Waals surface area contributed by atoms with E-state index >= 15 is 0 Å². The number of rotatable bonds is 11. The van der Waals surface area contributed by atoms with Crippen molar-refractivity contribution in [2.45, 2.75) is 51.6 Å². The smallest absolute Gasteiger partial charge is 0.315 e. The van der Waals surface area contributed by atoms with Crippen LogP contribution in [0, 0.1) is 0 Å². The van der Waals surface area contributed by atoms with Crippen LogP contribution in [0.3, 0.4) is 0 Å². The summed E-state index contributed by atoms with van der Waals surface area (Å²) in [7, 11) is 0. The van der Waals surface area contributed by atoms with E-state index in [-0.39, 0.29) is 13.2 Å². The van der Waals surface area contributed by atoms with Gasteiger partial charge >= 0.3 is 11.9 Å². The highest BCUT2D eigenvalue weighted by Crippen LogP contribution is 1.97. The number of carboxylic acid groups (broad SMARTS) is 1. The zero-order chi connectivity index (χ0) is 17.8. The van der Waals surface area contributed by atoms with Crippen LogP contribution in [0.5, 0.6) is 0 Å². The van der Waals surface area contributed by atoms with Gasteiger partial charge in [0.15, 0.2) is 0 Å². The number of aliphatic hydroxyl groups is 1. The van der Waals surface area contributed by atoms with Crippen LogP contribution in [0.2, 0.25) is 0 Å². The predicted octanol–water partition coefficient (Wildman–Crippen LogP) is -0.824. The first-order chi connectivity index (χ1) is 10.8. The van der Waals surface area contributed by atoms with E-state index in [0.717, 1.165) is 0 Å². The molecule has 0 aliphatic heterocycles. The van der Waals surface area contributed by atoms with Gasteiger partial charge in [-0.15, -0.1) is 0 Å². The summed E-state index contributed by atoms with van der Waals surface area (Å²) in [6.07, 6.45) is -0.180. The number of carbonyl (C=O) groups excluding carboxylic acids is 3. The third-order valence-electron chi connectivity index (χ3n) is 3.00. The molecule has 9 heteroatoms. The predicted molar refractivity (Wildman–Crippen MR) is 79.4 cm³/mol. The molecule has 0 bridgehead atoms. The Bertz CT molecular complexity index is 421. The van der Waals surface area contributed by atoms with Crippen molar-refractivity contribution in [3.63, 3.8) is 0 Å². The quantitative estimate of drug-likeness (QED) is 0.286. The van der Waals surface area contributed by atoms with E-state index in [1.807, 2.05) is 0 Å². The molecule has 0 heterocycles. The van der Waals surface area contributed by atoms with Crippen molar-refractivity contribution < 1.29 is 34.1 Å². The van der Waals surface area contributed by atoms with Gasteiger partial charge in [0.2, 0.25) is 11.8 Å². The van der Waals surface area contributed by atoms with Gasteiger partial charge in [0.05, 0.1) is 18.7 Å². The van der Waals surface area contributed by atoms with E-state index < -0.39 is 48.7 Å². The van der Waals surface area contributed by atoms with Crippen LogP contribution < -0.4 is 10.6 Å². The average Bonchev–Trinajstić information content (AvgIpc) is 2.48. The molecule has 0 spiro atoms. The molecule has 0 aliphatic carbocycles. The lowest BCUT2D eigenvalue weighted by Gasteiger charge is -2.17. The molecule has 0 rings (SSSR count). The molecule has 2 atom stereocenters. The molecule has 0 radical (unpaired) electrons. The minimum absolute atomic E-state index is 0.148. The first kappa shape index (κ1) is 20.8. The van der Waals surface area contributed by atoms with E-state index in [4.69, 9.17) is 14.9 Å². The molecule has 0 aliphatic rings. The van der Waals surface area contributed by atoms with Crippen molar-refractivity contribution in [1.29, 1.82) is 0 Å². The standard InChI is InChI=1S/C14H24N2O7/c1-3-9(7-17)15-12(19)6-14(22)23-8-10(4-2)16-11(18)5-13(20)21/h9-10,17H,3-8H2,1-2H3,(H,15,19)(H,16,18)(H,20,21). The van der Waals surface area contributed by atoms with Crippen molar-refractivity contribution in [2.75, 3.05) is 13.2 Å². The van der Waals surface area contributed by atoms with Crippen molar-refractivity contribution in [3.05, 3.63) is 0 Å². The van der Waals surface area contributed by atoms with Gasteiger partial charge in [-0.1, -0.05) is 13.8 Å². The Morgan fingerprint density at radius 1 is 0.957 bits per heavy atom. The SMILES string of the molecule is CCC(CO)NC(=O)CC(=O)OCC(CC)NC(=O)CC(=O)O. The molecule has 0 saturated heterocycles. The van der Waals surface area contributed by atoms with Gasteiger partial charge in [-0.05, 0) is 12.8 Å². The van der Waals surface area contributed by atoms with Crippen molar-refractivity contribution in [3.8, 4) is 0 Å². The van der Waals surface area contributed by atoms with Crippen molar-refractivity contribution in [1.82, 2.24) is 10.6 Å². The van der Waals surface area contributed by atoms with E-state index in [9.17, 15) is 19.2 Å². The number of aliphatic hydroxyl groups excluding tert-OH is 1. The van der Waals surface area contributed by atoms with Crippen LogP contribution >= 0.6 is 0 Å². The van der Waals surface area contributed by atoms with Gasteiger partial charge in [-0.25, -0.2) is 0 Å². The zero-order valence-electron chi connectivity index (χ0n) is 13.3. The fourth-order valence-corrected chi connectivity index (χ4v) is 1.61. The molecule has 0 fully saturated rings. The summed E-state index contributed by atoms with van der Waals surface area (Å²) < 4.78 is 4.90. The number of carboxylic acids is 1. The van der Waals surface area contributed by atoms with Crippen molar-refractivity contribution in [2.24, 2.45) is 0 Å². The molecule has 0 aromatic heterocycles. The van der Waals surface area contributed by atoms with E-state index in [2.05, 4.69) is 10.6 Å². The van der Waals surface area contributed by atoms with Crippen LogP contribution in [0.1, 0.15) is 39.5 Å². The Morgan fingerprint density at radius 3 is 1.96 bits per heavy atom. The second-order valence-electron chi connectivity index (χ2n) is 4.96. The van der Waals surface area contributed by atoms with E-state index in [1.165, 1.54) is 0 Å². The summed E-state index contributed by atoms with van der Waals surface area (Å²) in [6, 6.07) is -0.927. The Labute approximate surface area is 134 Å². The number of hydrogen-bond acceptors (Lipinski definition) is 6. The van der Waals surface area contributed by atoms with Crippen LogP contribution in [0.15, 0.2) is 0 Å². The third kappa shape index (κ3) is 10.2. The minimum Gasteiger partial charge on any atom is -0.481 e. The molecule has 0 saturated carbocycles. The topological polar surface area (TPSA) is 142 Å². The highest BCUT2D eigenvalue weighted by molar-refractivity contribution is 5.94. The zero-order valence-corrected chi connectivity index (χ0v) is 13.3. The molecular formula is C14H24N2O7. The maximum absolute atomic E-state index is 11.5. The second-order valence-corrected chi connectivity index (χ2v) is 4.96. The molecule has 2 amide bonds. The van der Waals surface area contributed by atoms with Crippen LogP contribution in [0.4, 0.5) is 0 Å². The fraction of sp³-hybridized carbons (Fsp3) is 0.714. The molecular weight excluding hydrogens is 308 g/mol. The molecule has 132 valence electrons. The molecule has 4 N–H and O–H groups in total. The first-order valence-corrected chi connectivity index (χ1v) is 7.39. The Balaban J connectivity index is 4.16. The van der Waals surface area contributed by atoms with Gasteiger partial charge in [0, 0.05) is 0 Å². The van der Waals surface area contributed by atoms with E-state index in [1.54, 1.807) is 13.8 Å². The lowest BCUT2D eigenvalue weighted by Crippen LogP contribution is -2.40. The van der Waals surface area contributed by atoms with Crippen molar-refractivity contribution >= 4 is 23.8 Å². The Hall–Kier alpha value is -2.16. The largest absolute Gasteiger partial charge is 0.481 e. The molecule has 23 heavy (non-hydrogen) atoms. The highest BCUT2D eigenvalue weighted by atomic mass is 16.5. The number of ether oxygens (including phenoxy) is 1. The summed E-state index contributed by atoms with van der Waals surface area (Å²) in [5.41, 5.74) is 0. The van der Waals surface area contributed by atoms with Gasteiger partial charge in [0.25, 0.3) is 0 Å². The van der Waals surface area contributed by atoms with Gasteiger partial charge in [0.1, 0.15) is 19.4 Å². The molecule has 9 nitrogen and oxygen atoms in total. The summed E-state index contributed by atoms with van der Waals surface area (Å²) in [4.78, 5) is 44.8. The van der Waals surface area contributed by atoms with Crippen LogP contribution in [-0.2, 0) is 23.9 Å². The second kappa shape index (κ2) is 11.4. The highest BCUT2D eigenvalue weighted by Gasteiger charge is 2.18. The number of hydrogen-bond donors (Lipinski definition) is 4. The summed E-state index contributed by atoms with van der Waals surface area (Å²) in [5.74, 6) is -3.24. The monoisotopic (exact) mass is 332 g/mol. The van der Waals surface area contributed by atoms with Gasteiger partial charge in [-0.2, -0.15) is 0 Å². The van der Waals surface area contributed by atoms with Crippen LogP contribution in [-0.4, -0.2) is 59.3 Å². The molecule has 0 aromatic carbocycles. The average molecular weight is 332 g/mol. The Morgan fingerprint density at radius 2 is 1.48 bits per heavy atom. The van der Waals surface area contributed by atoms with E-state index in [0.29, 0.717) is 12.8 Å². The maximum atomic E-state index is 11.5. The minimum atomic E-state index is -1.25. The Kier molecular flexibility index (Phi) is 10.3. The lowest BCUT2D eigenvalue weighted by atomic mass is 10.2. The summed E-state index contributed by atoms with van der Waals surface area (Å²) >= 11 is 0. The molecule has 2 unspecified atom stereocenters. The molecule has 0 aromatic rings. The third-order valence-corrected chi connectivity index (χ3v) is 3.00. The number of nitrogens with one attached hydrogen (secondary N) is 2. The number of amides is 2. The van der Waals surface area contributed by atoms with Gasteiger partial charge in [-0.3, -0.25) is 19.2 Å².